The number of carbonyl (C=O) groups excluding carboxylic acids is 4. The molecule has 0 fully saturated rings. The second-order valence-corrected chi connectivity index (χ2v) is 11.2. The summed E-state index contributed by atoms with van der Waals surface area (Å²) in [5.74, 6) is -1.36. The summed E-state index contributed by atoms with van der Waals surface area (Å²) in [4.78, 5) is 51.7. The molecule has 1 aliphatic heterocycles. The summed E-state index contributed by atoms with van der Waals surface area (Å²) in [5.41, 5.74) is 9.01. The largest absolute Gasteiger partial charge is 0.460 e. The number of anilines is 1. The fraction of sp³-hybridized carbons (Fsp3) is 0.467. The van der Waals surface area contributed by atoms with Gasteiger partial charge in [-0.25, -0.2) is 5.01 Å². The number of amides is 3. The highest BCUT2D eigenvalue weighted by Crippen LogP contribution is 2.25. The third kappa shape index (κ3) is 9.58. The van der Waals surface area contributed by atoms with Crippen LogP contribution in [0.4, 0.5) is 5.69 Å². The van der Waals surface area contributed by atoms with Crippen molar-refractivity contribution < 1.29 is 23.9 Å². The molecular weight excluding hydrogens is 524 g/mol. The standard InChI is InChI=1S/C30H42N6O5/c1-21-10-11-22(29(31)40)16-25(21)35(19-26(37)33-15-14-32-13-12-28(39)41-30(2,3)4)20-27(38)34(5)36-17-23-8-6-7-9-24(23)18-36/h6-11,16,32H,12-15,17-20H2,1-5H3,(H2,31,40)(H,33,37). The number of hydrogen-bond donors (Lipinski definition) is 3. The van der Waals surface area contributed by atoms with Crippen molar-refractivity contribution in [2.24, 2.45) is 5.73 Å². The lowest BCUT2D eigenvalue weighted by Crippen LogP contribution is -2.48. The van der Waals surface area contributed by atoms with Crippen LogP contribution in [-0.4, -0.2) is 79.1 Å². The first kappa shape index (κ1) is 31.6. The molecule has 2 aromatic carbocycles. The second kappa shape index (κ2) is 14.1. The average Bonchev–Trinajstić information content (AvgIpc) is 3.33. The van der Waals surface area contributed by atoms with Crippen molar-refractivity contribution in [3.05, 3.63) is 64.7 Å². The van der Waals surface area contributed by atoms with Crippen molar-refractivity contribution in [3.8, 4) is 0 Å². The van der Waals surface area contributed by atoms with Crippen LogP contribution in [-0.2, 0) is 32.2 Å². The molecule has 3 amide bonds. The molecule has 0 spiro atoms. The van der Waals surface area contributed by atoms with Gasteiger partial charge in [0, 0.05) is 51.0 Å². The van der Waals surface area contributed by atoms with Crippen LogP contribution in [0.3, 0.4) is 0 Å². The minimum absolute atomic E-state index is 0.0754. The molecule has 1 aliphatic rings. The van der Waals surface area contributed by atoms with E-state index in [-0.39, 0.29) is 37.3 Å². The number of nitrogens with one attached hydrogen (secondary N) is 2. The molecule has 1 heterocycles. The van der Waals surface area contributed by atoms with Gasteiger partial charge in [0.2, 0.25) is 11.8 Å². The number of nitrogens with two attached hydrogens (primary N) is 1. The number of benzene rings is 2. The number of rotatable bonds is 13. The lowest BCUT2D eigenvalue weighted by atomic mass is 10.1. The lowest BCUT2D eigenvalue weighted by molar-refractivity contribution is -0.154. The number of carbonyl (C=O) groups is 4. The maximum absolute atomic E-state index is 13.4. The number of hydrazine groups is 1. The van der Waals surface area contributed by atoms with Crippen LogP contribution in [0, 0.1) is 6.92 Å². The molecular formula is C30H42N6O5. The summed E-state index contributed by atoms with van der Waals surface area (Å²) in [6.45, 7) is 9.60. The molecule has 4 N–H and O–H groups in total. The van der Waals surface area contributed by atoms with E-state index in [0.717, 1.165) is 5.56 Å². The summed E-state index contributed by atoms with van der Waals surface area (Å²) in [7, 11) is 1.72. The molecule has 3 rings (SSSR count). The van der Waals surface area contributed by atoms with Gasteiger partial charge in [-0.1, -0.05) is 30.3 Å². The van der Waals surface area contributed by atoms with Crippen molar-refractivity contribution in [1.82, 2.24) is 20.7 Å². The first-order chi connectivity index (χ1) is 19.3. The van der Waals surface area contributed by atoms with Crippen LogP contribution >= 0.6 is 0 Å². The highest BCUT2D eigenvalue weighted by atomic mass is 16.6. The minimum Gasteiger partial charge on any atom is -0.460 e. The predicted octanol–water partition coefficient (Wildman–Crippen LogP) is 1.73. The Morgan fingerprint density at radius 2 is 1.63 bits per heavy atom. The molecule has 0 bridgehead atoms. The fourth-order valence-electron chi connectivity index (χ4n) is 4.51. The Bertz CT molecular complexity index is 1230. The minimum atomic E-state index is -0.591. The third-order valence-corrected chi connectivity index (χ3v) is 6.65. The predicted molar refractivity (Wildman–Crippen MR) is 157 cm³/mol. The van der Waals surface area contributed by atoms with Crippen molar-refractivity contribution in [2.75, 3.05) is 44.7 Å². The summed E-state index contributed by atoms with van der Waals surface area (Å²) in [6, 6.07) is 13.1. The van der Waals surface area contributed by atoms with Gasteiger partial charge in [0.25, 0.3) is 5.91 Å². The van der Waals surface area contributed by atoms with Gasteiger partial charge in [-0.15, -0.1) is 0 Å². The summed E-state index contributed by atoms with van der Waals surface area (Å²) in [5, 5.41) is 9.51. The van der Waals surface area contributed by atoms with Crippen LogP contribution in [0.5, 0.6) is 0 Å². The Hall–Kier alpha value is -3.96. The Balaban J connectivity index is 1.60. The smallest absolute Gasteiger partial charge is 0.307 e. The van der Waals surface area contributed by atoms with Crippen LogP contribution < -0.4 is 21.3 Å². The summed E-state index contributed by atoms with van der Waals surface area (Å²) in [6.07, 6.45) is 0.228. The monoisotopic (exact) mass is 566 g/mol. The topological polar surface area (TPSA) is 137 Å². The van der Waals surface area contributed by atoms with Gasteiger partial charge >= 0.3 is 5.97 Å². The number of nitrogens with zero attached hydrogens (tertiary/aromatic N) is 3. The zero-order valence-electron chi connectivity index (χ0n) is 24.7. The van der Waals surface area contributed by atoms with E-state index in [0.29, 0.717) is 44.0 Å². The molecule has 0 atom stereocenters. The molecule has 222 valence electrons. The zero-order valence-corrected chi connectivity index (χ0v) is 24.7. The molecule has 0 aliphatic carbocycles. The summed E-state index contributed by atoms with van der Waals surface area (Å²) < 4.78 is 5.28. The number of aryl methyl sites for hydroxylation is 1. The van der Waals surface area contributed by atoms with E-state index < -0.39 is 11.5 Å². The maximum Gasteiger partial charge on any atom is 0.307 e. The Morgan fingerprint density at radius 3 is 2.24 bits per heavy atom. The normalized spacial score (nSPS) is 12.9. The SMILES string of the molecule is Cc1ccc(C(N)=O)cc1N(CC(=O)NCCNCCC(=O)OC(C)(C)C)CC(=O)N(C)N1Cc2ccccc2C1. The van der Waals surface area contributed by atoms with Crippen LogP contribution in [0.15, 0.2) is 42.5 Å². The van der Waals surface area contributed by atoms with E-state index in [1.54, 1.807) is 35.2 Å². The van der Waals surface area contributed by atoms with Crippen LogP contribution in [0.2, 0.25) is 0 Å². The van der Waals surface area contributed by atoms with Crippen molar-refractivity contribution in [3.63, 3.8) is 0 Å². The first-order valence-corrected chi connectivity index (χ1v) is 13.8. The molecule has 0 radical (unpaired) electrons. The van der Waals surface area contributed by atoms with E-state index >= 15 is 0 Å². The number of esters is 1. The molecule has 0 unspecified atom stereocenters. The van der Waals surface area contributed by atoms with E-state index in [1.807, 2.05) is 44.8 Å². The summed E-state index contributed by atoms with van der Waals surface area (Å²) >= 11 is 0. The molecule has 41 heavy (non-hydrogen) atoms. The molecule has 0 aromatic heterocycles. The lowest BCUT2D eigenvalue weighted by Gasteiger charge is -2.32. The molecule has 11 heteroatoms. The Labute approximate surface area is 242 Å². The van der Waals surface area contributed by atoms with Gasteiger partial charge in [0.05, 0.1) is 19.5 Å². The van der Waals surface area contributed by atoms with E-state index in [4.69, 9.17) is 10.5 Å². The van der Waals surface area contributed by atoms with Crippen molar-refractivity contribution in [2.45, 2.75) is 52.8 Å². The Morgan fingerprint density at radius 1 is 0.976 bits per heavy atom. The highest BCUT2D eigenvalue weighted by Gasteiger charge is 2.27. The fourth-order valence-corrected chi connectivity index (χ4v) is 4.51. The van der Waals surface area contributed by atoms with E-state index in [2.05, 4.69) is 22.8 Å². The molecule has 2 aromatic rings. The zero-order chi connectivity index (χ0) is 30.2. The third-order valence-electron chi connectivity index (χ3n) is 6.65. The van der Waals surface area contributed by atoms with Gasteiger partial charge in [-0.05, 0) is 56.5 Å². The Kier molecular flexibility index (Phi) is 10.8. The van der Waals surface area contributed by atoms with Gasteiger partial charge in [0.15, 0.2) is 0 Å². The number of likely N-dealkylation sites (N-methyl/N-ethyl adjacent to an activating group) is 1. The molecule has 11 nitrogen and oxygen atoms in total. The van der Waals surface area contributed by atoms with Crippen molar-refractivity contribution in [1.29, 1.82) is 0 Å². The van der Waals surface area contributed by atoms with Crippen LogP contribution in [0.1, 0.15) is 54.2 Å². The number of primary amides is 1. The quantitative estimate of drug-likeness (QED) is 0.246. The van der Waals surface area contributed by atoms with Gasteiger partial charge in [0.1, 0.15) is 5.60 Å². The first-order valence-electron chi connectivity index (χ1n) is 13.8. The number of fused-ring (bicyclic) bond motifs is 1. The van der Waals surface area contributed by atoms with Gasteiger partial charge in [-0.3, -0.25) is 24.2 Å². The van der Waals surface area contributed by atoms with Crippen LogP contribution in [0.25, 0.3) is 0 Å². The van der Waals surface area contributed by atoms with Gasteiger partial charge in [-0.2, -0.15) is 0 Å². The van der Waals surface area contributed by atoms with E-state index in [9.17, 15) is 19.2 Å². The number of ether oxygens (including phenoxy) is 1. The maximum atomic E-state index is 13.4. The molecule has 0 saturated carbocycles. The molecule has 0 saturated heterocycles. The highest BCUT2D eigenvalue weighted by molar-refractivity contribution is 5.95. The average molecular weight is 567 g/mol. The number of hydrogen-bond acceptors (Lipinski definition) is 8. The van der Waals surface area contributed by atoms with Crippen molar-refractivity contribution >= 4 is 29.4 Å². The van der Waals surface area contributed by atoms with Gasteiger partial charge < -0.3 is 26.0 Å². The second-order valence-electron chi connectivity index (χ2n) is 11.2. The van der Waals surface area contributed by atoms with E-state index in [1.165, 1.54) is 11.1 Å².